The molecule has 0 spiro atoms. The topological polar surface area (TPSA) is 41.8 Å². The number of hydrogen-bond donors (Lipinski definition) is 1. The van der Waals surface area contributed by atoms with E-state index < -0.39 is 6.29 Å². The first-order valence-corrected chi connectivity index (χ1v) is 3.41. The molecule has 1 heterocycles. The van der Waals surface area contributed by atoms with Crippen molar-refractivity contribution in [2.45, 2.75) is 33.5 Å². The Morgan fingerprint density at radius 1 is 1.60 bits per heavy atom. The van der Waals surface area contributed by atoms with Gasteiger partial charge < -0.3 is 9.94 Å². The Morgan fingerprint density at radius 3 is 2.40 bits per heavy atom. The number of rotatable bonds is 0. The molecule has 0 aromatic rings. The monoisotopic (exact) mass is 143 g/mol. The van der Waals surface area contributed by atoms with Crippen molar-refractivity contribution < 1.29 is 9.94 Å². The van der Waals surface area contributed by atoms with Crippen LogP contribution < -0.4 is 0 Å². The maximum atomic E-state index is 8.93. The third-order valence-electron chi connectivity index (χ3n) is 1.52. The first-order valence-electron chi connectivity index (χ1n) is 3.41. The molecule has 58 valence electrons. The lowest BCUT2D eigenvalue weighted by atomic mass is 9.88. The molecule has 0 fully saturated rings. The maximum Gasteiger partial charge on any atom is 0.229 e. The van der Waals surface area contributed by atoms with Gasteiger partial charge in [-0.05, 0) is 0 Å². The van der Waals surface area contributed by atoms with Gasteiger partial charge in [-0.1, -0.05) is 25.9 Å². The summed E-state index contributed by atoms with van der Waals surface area (Å²) < 4.78 is 0. The molecule has 0 saturated heterocycles. The predicted molar refractivity (Wildman–Crippen MR) is 38.6 cm³/mol. The molecule has 1 unspecified atom stereocenters. The summed E-state index contributed by atoms with van der Waals surface area (Å²) in [6, 6.07) is 0. The summed E-state index contributed by atoms with van der Waals surface area (Å²) in [5.74, 6) is 0. The summed E-state index contributed by atoms with van der Waals surface area (Å²) in [5, 5.41) is 12.7. The van der Waals surface area contributed by atoms with Crippen molar-refractivity contribution in [1.82, 2.24) is 0 Å². The lowest BCUT2D eigenvalue weighted by Crippen LogP contribution is -2.20. The van der Waals surface area contributed by atoms with E-state index in [1.165, 1.54) is 0 Å². The average Bonchev–Trinajstić information content (AvgIpc) is 2.11. The second-order valence-electron chi connectivity index (χ2n) is 3.55. The van der Waals surface area contributed by atoms with E-state index in [2.05, 4.69) is 9.99 Å². The van der Waals surface area contributed by atoms with Crippen LogP contribution in [-0.2, 0) is 4.84 Å². The van der Waals surface area contributed by atoms with Crippen LogP contribution in [0.25, 0.3) is 0 Å². The highest BCUT2D eigenvalue weighted by atomic mass is 16.7. The lowest BCUT2D eigenvalue weighted by Gasteiger charge is -2.15. The van der Waals surface area contributed by atoms with Crippen molar-refractivity contribution in [2.24, 2.45) is 10.6 Å². The van der Waals surface area contributed by atoms with E-state index in [-0.39, 0.29) is 5.41 Å². The number of hydrogen-bond acceptors (Lipinski definition) is 3. The quantitative estimate of drug-likeness (QED) is 0.552. The van der Waals surface area contributed by atoms with Gasteiger partial charge in [-0.3, -0.25) is 0 Å². The molecular weight excluding hydrogens is 130 g/mol. The van der Waals surface area contributed by atoms with Gasteiger partial charge in [-0.15, -0.1) is 0 Å². The molecule has 1 atom stereocenters. The molecule has 0 saturated carbocycles. The third-order valence-corrected chi connectivity index (χ3v) is 1.52. The summed E-state index contributed by atoms with van der Waals surface area (Å²) in [7, 11) is 0. The molecule has 0 radical (unpaired) electrons. The van der Waals surface area contributed by atoms with Gasteiger partial charge in [0.15, 0.2) is 0 Å². The highest BCUT2D eigenvalue weighted by molar-refractivity contribution is 5.89. The summed E-state index contributed by atoms with van der Waals surface area (Å²) in [5.41, 5.74) is 0.956. The van der Waals surface area contributed by atoms with Gasteiger partial charge in [-0.2, -0.15) is 0 Å². The summed E-state index contributed by atoms with van der Waals surface area (Å²) in [6.45, 7) is 6.15. The van der Waals surface area contributed by atoms with Crippen molar-refractivity contribution in [1.29, 1.82) is 0 Å². The Hall–Kier alpha value is -0.570. The molecule has 0 bridgehead atoms. The van der Waals surface area contributed by atoms with Crippen molar-refractivity contribution in [3.8, 4) is 0 Å². The average molecular weight is 143 g/mol. The van der Waals surface area contributed by atoms with E-state index >= 15 is 0 Å². The van der Waals surface area contributed by atoms with E-state index in [4.69, 9.17) is 5.11 Å². The maximum absolute atomic E-state index is 8.93. The van der Waals surface area contributed by atoms with E-state index in [1.54, 1.807) is 0 Å². The minimum Gasteiger partial charge on any atom is -0.363 e. The normalized spacial score (nSPS) is 26.0. The minimum absolute atomic E-state index is 0.0253. The predicted octanol–water partition coefficient (Wildman–Crippen LogP) is 1.13. The van der Waals surface area contributed by atoms with Crippen LogP contribution in [-0.4, -0.2) is 17.1 Å². The Bertz CT molecular complexity index is 157. The highest BCUT2D eigenvalue weighted by Crippen LogP contribution is 2.23. The third kappa shape index (κ3) is 1.48. The molecule has 3 nitrogen and oxygen atoms in total. The van der Waals surface area contributed by atoms with E-state index in [0.29, 0.717) is 6.42 Å². The van der Waals surface area contributed by atoms with Crippen molar-refractivity contribution in [3.05, 3.63) is 0 Å². The number of nitrogens with zero attached hydrogens (tertiary/aromatic N) is 1. The molecule has 0 aliphatic carbocycles. The lowest BCUT2D eigenvalue weighted by molar-refractivity contribution is -0.0762. The minimum atomic E-state index is -0.714. The van der Waals surface area contributed by atoms with Crippen LogP contribution in [0.15, 0.2) is 5.16 Å². The molecular formula is C7H13NO2. The highest BCUT2D eigenvalue weighted by Gasteiger charge is 2.27. The van der Waals surface area contributed by atoms with Crippen LogP contribution in [0.1, 0.15) is 27.2 Å². The second-order valence-corrected chi connectivity index (χ2v) is 3.55. The molecule has 1 N–H and O–H groups in total. The molecule has 10 heavy (non-hydrogen) atoms. The largest absolute Gasteiger partial charge is 0.363 e. The zero-order chi connectivity index (χ0) is 7.78. The van der Waals surface area contributed by atoms with Crippen LogP contribution in [0.3, 0.4) is 0 Å². The first kappa shape index (κ1) is 7.54. The fraction of sp³-hybridized carbons (Fsp3) is 0.857. The fourth-order valence-corrected chi connectivity index (χ4v) is 0.808. The van der Waals surface area contributed by atoms with Crippen molar-refractivity contribution in [2.75, 3.05) is 0 Å². The molecule has 0 aromatic carbocycles. The van der Waals surface area contributed by atoms with E-state index in [1.807, 2.05) is 20.8 Å². The van der Waals surface area contributed by atoms with Gasteiger partial charge >= 0.3 is 0 Å². The molecule has 1 aliphatic rings. The standard InChI is InChI=1S/C7H13NO2/c1-7(2,3)5-4-6(9)10-8-5/h6,9H,4H2,1-3H3. The van der Waals surface area contributed by atoms with Crippen LogP contribution in [0.2, 0.25) is 0 Å². The van der Waals surface area contributed by atoms with Gasteiger partial charge in [0.2, 0.25) is 6.29 Å². The zero-order valence-corrected chi connectivity index (χ0v) is 6.59. The molecule has 3 heteroatoms. The van der Waals surface area contributed by atoms with Crippen molar-refractivity contribution in [3.63, 3.8) is 0 Å². The molecule has 1 rings (SSSR count). The van der Waals surface area contributed by atoms with Crippen LogP contribution in [0.5, 0.6) is 0 Å². The number of oxime groups is 1. The van der Waals surface area contributed by atoms with E-state index in [9.17, 15) is 0 Å². The smallest absolute Gasteiger partial charge is 0.229 e. The van der Waals surface area contributed by atoms with Crippen LogP contribution in [0, 0.1) is 5.41 Å². The molecule has 0 amide bonds. The van der Waals surface area contributed by atoms with Gasteiger partial charge in [-0.25, -0.2) is 0 Å². The van der Waals surface area contributed by atoms with Crippen LogP contribution >= 0.6 is 0 Å². The summed E-state index contributed by atoms with van der Waals surface area (Å²) in [6.07, 6.45) is -0.169. The van der Waals surface area contributed by atoms with Gasteiger partial charge in [0, 0.05) is 5.41 Å². The SMILES string of the molecule is CC(C)(C)C1=NOC(O)C1. The zero-order valence-electron chi connectivity index (χ0n) is 6.59. The fourth-order valence-electron chi connectivity index (χ4n) is 0.808. The van der Waals surface area contributed by atoms with Gasteiger partial charge in [0.25, 0.3) is 0 Å². The Morgan fingerprint density at radius 2 is 2.20 bits per heavy atom. The van der Waals surface area contributed by atoms with E-state index in [0.717, 1.165) is 5.71 Å². The second kappa shape index (κ2) is 2.23. The van der Waals surface area contributed by atoms with Crippen LogP contribution in [0.4, 0.5) is 0 Å². The van der Waals surface area contributed by atoms with Gasteiger partial charge in [0.1, 0.15) is 0 Å². The Balaban J connectivity index is 2.60. The van der Waals surface area contributed by atoms with Gasteiger partial charge in [0.05, 0.1) is 12.1 Å². The molecule has 1 aliphatic heterocycles. The first-order chi connectivity index (χ1) is 4.50. The number of aliphatic hydroxyl groups is 1. The Kier molecular flexibility index (Phi) is 1.68. The summed E-state index contributed by atoms with van der Waals surface area (Å²) >= 11 is 0. The van der Waals surface area contributed by atoms with Crippen molar-refractivity contribution >= 4 is 5.71 Å². The molecule has 0 aromatic heterocycles. The Labute approximate surface area is 60.7 Å². The summed E-state index contributed by atoms with van der Waals surface area (Å²) in [4.78, 5) is 4.64. The number of aliphatic hydroxyl groups excluding tert-OH is 1.